The number of carbonyl (C=O) groups excluding carboxylic acids is 6. The van der Waals surface area contributed by atoms with E-state index >= 15 is 4.39 Å². The third kappa shape index (κ3) is 23.6. The van der Waals surface area contributed by atoms with Crippen molar-refractivity contribution in [1.82, 2.24) is 21.3 Å². The maximum atomic E-state index is 15.3. The molecule has 0 aliphatic heterocycles. The van der Waals surface area contributed by atoms with Gasteiger partial charge in [0.1, 0.15) is 36.6 Å². The number of rotatable bonds is 34. The van der Waals surface area contributed by atoms with E-state index < -0.39 is 115 Å². The van der Waals surface area contributed by atoms with Gasteiger partial charge in [0.05, 0.1) is 6.42 Å². The van der Waals surface area contributed by atoms with Crippen LogP contribution in [0.25, 0.3) is 0 Å². The van der Waals surface area contributed by atoms with E-state index in [1.165, 1.54) is 44.9 Å². The third-order valence-corrected chi connectivity index (χ3v) is 10.6. The zero-order valence-corrected chi connectivity index (χ0v) is 36.8. The summed E-state index contributed by atoms with van der Waals surface area (Å²) in [5.41, 5.74) is 0.701. The molecule has 0 aromatic heterocycles. The average molecular weight is 863 g/mol. The van der Waals surface area contributed by atoms with Gasteiger partial charge in [-0.25, -0.2) is 9.18 Å². The normalized spacial score (nSPS) is 14.1. The second-order valence-corrected chi connectivity index (χ2v) is 16.2. The Balaban J connectivity index is 2.92. The maximum Gasteiger partial charge on any atom is 0.408 e. The summed E-state index contributed by atoms with van der Waals surface area (Å²) in [5, 5.41) is 28.5. The highest BCUT2D eigenvalue weighted by atomic mass is 19.1. The molecule has 1 unspecified atom stereocenters. The van der Waals surface area contributed by atoms with E-state index in [4.69, 9.17) is 4.74 Å². The summed E-state index contributed by atoms with van der Waals surface area (Å²) in [6, 6.07) is 2.75. The Hall–Kier alpha value is -4.89. The summed E-state index contributed by atoms with van der Waals surface area (Å²) in [7, 11) is 0. The number of hydrogen-bond acceptors (Lipinski definition) is 9. The van der Waals surface area contributed by atoms with Gasteiger partial charge >= 0.3 is 18.0 Å². The maximum absolute atomic E-state index is 15.3. The molecule has 0 heterocycles. The van der Waals surface area contributed by atoms with Gasteiger partial charge in [0.25, 0.3) is 0 Å². The van der Waals surface area contributed by atoms with Gasteiger partial charge in [-0.15, -0.1) is 0 Å². The van der Waals surface area contributed by atoms with Crippen LogP contribution in [-0.4, -0.2) is 87.9 Å². The minimum atomic E-state index is -2.38. The Bertz CT molecular complexity index is 1530. The van der Waals surface area contributed by atoms with Gasteiger partial charge in [-0.3, -0.25) is 33.6 Å². The summed E-state index contributed by atoms with van der Waals surface area (Å²) in [6.45, 7) is 8.64. The molecule has 1 aromatic carbocycles. The highest BCUT2D eigenvalue weighted by Gasteiger charge is 2.36. The highest BCUT2D eigenvalue weighted by molar-refractivity contribution is 5.99. The van der Waals surface area contributed by atoms with Crippen LogP contribution < -0.4 is 21.3 Å². The van der Waals surface area contributed by atoms with E-state index in [1.807, 2.05) is 0 Å². The molecule has 0 aliphatic carbocycles. The number of hydrogen-bond donors (Lipinski definition) is 6. The van der Waals surface area contributed by atoms with Crippen molar-refractivity contribution in [3.8, 4) is 0 Å². The fourth-order valence-corrected chi connectivity index (χ4v) is 6.62. The minimum absolute atomic E-state index is 0.0646. The molecule has 0 spiro atoms. The molecule has 1 rings (SSSR count). The molecule has 0 saturated heterocycles. The summed E-state index contributed by atoms with van der Waals surface area (Å²) >= 11 is 0. The Labute approximate surface area is 360 Å². The second-order valence-electron chi connectivity index (χ2n) is 16.2. The summed E-state index contributed by atoms with van der Waals surface area (Å²) in [4.78, 5) is 102. The first-order chi connectivity index (χ1) is 29.0. The number of ketones is 2. The van der Waals surface area contributed by atoms with Crippen LogP contribution in [0.15, 0.2) is 30.3 Å². The first-order valence-corrected chi connectivity index (χ1v) is 22.0. The molecule has 1 aromatic rings. The van der Waals surface area contributed by atoms with Crippen molar-refractivity contribution in [2.45, 2.75) is 187 Å². The zero-order valence-electron chi connectivity index (χ0n) is 36.8. The smallest absolute Gasteiger partial charge is 0.408 e. The van der Waals surface area contributed by atoms with Crippen LogP contribution in [-0.2, 0) is 44.9 Å². The number of carboxylic acid groups (broad SMARTS) is 2. The Kier molecular flexibility index (Phi) is 27.5. The fraction of sp³-hybridized carbons (Fsp3) is 0.689. The Morgan fingerprint density at radius 2 is 1.16 bits per heavy atom. The molecule has 15 nitrogen and oxygen atoms in total. The lowest BCUT2D eigenvalue weighted by Gasteiger charge is -2.29. The van der Waals surface area contributed by atoms with E-state index in [-0.39, 0.29) is 19.4 Å². The number of unbranched alkanes of at least 4 members (excludes halogenated alkanes) is 11. The highest BCUT2D eigenvalue weighted by Crippen LogP contribution is 2.16. The van der Waals surface area contributed by atoms with Crippen LogP contribution in [0.5, 0.6) is 0 Å². The molecular formula is C45H71FN4O11. The first kappa shape index (κ1) is 54.1. The van der Waals surface area contributed by atoms with Gasteiger partial charge in [0.15, 0.2) is 12.0 Å². The van der Waals surface area contributed by atoms with E-state index in [9.17, 15) is 48.6 Å². The fourth-order valence-electron chi connectivity index (χ4n) is 6.62. The van der Waals surface area contributed by atoms with Crippen LogP contribution >= 0.6 is 0 Å². The van der Waals surface area contributed by atoms with Gasteiger partial charge in [-0.05, 0) is 30.2 Å². The standard InChI is InChI=1S/C45H71FN4O11/c1-6-8-9-10-11-12-13-14-15-16-17-21-24-33(51)27-34(46)41(56)36(28-38(54)55)48-44(59)40(31(5)7-2)49-42(57)35(25-26-37(52)53)47-43(58)39(30(3)4)50-45(60)61-29-32-22-19-18-20-23-32/h18-20,22-23,30-31,34-36,39-40H,6-17,21,24-29H2,1-5H3,(H,47,58)(H,48,59)(H,49,57)(H,50,60)(H,52,53)(H,54,55)/t31-,34?,35-,36-,39-,40-/m0/s1. The van der Waals surface area contributed by atoms with E-state index in [2.05, 4.69) is 28.2 Å². The molecule has 16 heteroatoms. The lowest BCUT2D eigenvalue weighted by atomic mass is 9.95. The molecule has 6 N–H and O–H groups in total. The van der Waals surface area contributed by atoms with Crippen molar-refractivity contribution in [1.29, 1.82) is 0 Å². The number of benzene rings is 1. The number of nitrogens with one attached hydrogen (secondary N) is 4. The number of aliphatic carboxylic acids is 2. The van der Waals surface area contributed by atoms with Crippen LogP contribution in [0.2, 0.25) is 0 Å². The largest absolute Gasteiger partial charge is 0.481 e. The number of carbonyl (C=O) groups is 8. The number of Topliss-reactive ketones (excluding diaryl/α,β-unsaturated/α-hetero) is 2. The predicted octanol–water partition coefficient (Wildman–Crippen LogP) is 6.74. The number of halogens is 1. The van der Waals surface area contributed by atoms with Crippen LogP contribution in [0.3, 0.4) is 0 Å². The van der Waals surface area contributed by atoms with Crippen LogP contribution in [0, 0.1) is 11.8 Å². The van der Waals surface area contributed by atoms with Gasteiger partial charge in [0, 0.05) is 19.3 Å². The Morgan fingerprint density at radius 1 is 0.623 bits per heavy atom. The molecule has 0 bridgehead atoms. The molecular weight excluding hydrogens is 792 g/mol. The third-order valence-electron chi connectivity index (χ3n) is 10.6. The number of alkyl carbamates (subject to hydrolysis) is 1. The molecule has 344 valence electrons. The monoisotopic (exact) mass is 863 g/mol. The quantitative estimate of drug-likeness (QED) is 0.0397. The second kappa shape index (κ2) is 31.0. The molecule has 0 aliphatic rings. The topological polar surface area (TPSA) is 234 Å². The summed E-state index contributed by atoms with van der Waals surface area (Å²) < 4.78 is 20.5. The SMILES string of the molecule is CCCCCCCCCCCCCCC(=O)CC(F)C(=O)[C@H](CC(=O)O)NC(=O)[C@@H](NC(=O)[C@H](CCC(=O)O)NC(=O)[C@@H](NC(=O)OCc1ccccc1)C(C)C)[C@@H](C)CC. The van der Waals surface area contributed by atoms with E-state index in [0.29, 0.717) is 12.0 Å². The molecule has 0 fully saturated rings. The number of alkyl halides is 1. The molecule has 0 radical (unpaired) electrons. The van der Waals surface area contributed by atoms with Gasteiger partial charge in [-0.1, -0.05) is 142 Å². The van der Waals surface area contributed by atoms with Gasteiger partial charge < -0.3 is 36.2 Å². The number of amides is 4. The van der Waals surface area contributed by atoms with Crippen molar-refractivity contribution in [2.24, 2.45) is 11.8 Å². The predicted molar refractivity (Wildman–Crippen MR) is 228 cm³/mol. The number of ether oxygens (including phenoxy) is 1. The van der Waals surface area contributed by atoms with E-state index in [1.54, 1.807) is 58.0 Å². The minimum Gasteiger partial charge on any atom is -0.481 e. The van der Waals surface area contributed by atoms with Crippen molar-refractivity contribution in [2.75, 3.05) is 0 Å². The summed E-state index contributed by atoms with van der Waals surface area (Å²) in [6.07, 6.45) is 7.44. The van der Waals surface area contributed by atoms with Crippen LogP contribution in [0.1, 0.15) is 156 Å². The number of carboxylic acids is 2. The van der Waals surface area contributed by atoms with Gasteiger partial charge in [-0.2, -0.15) is 0 Å². The van der Waals surface area contributed by atoms with Crippen molar-refractivity contribution >= 4 is 47.3 Å². The van der Waals surface area contributed by atoms with Crippen LogP contribution in [0.4, 0.5) is 9.18 Å². The summed E-state index contributed by atoms with van der Waals surface area (Å²) in [5.74, 6) is -8.60. The average Bonchev–Trinajstić information content (AvgIpc) is 3.21. The first-order valence-electron chi connectivity index (χ1n) is 22.0. The lowest BCUT2D eigenvalue weighted by molar-refractivity contribution is -0.142. The van der Waals surface area contributed by atoms with E-state index in [0.717, 1.165) is 25.7 Å². The molecule has 61 heavy (non-hydrogen) atoms. The molecule has 4 amide bonds. The zero-order chi connectivity index (χ0) is 45.7. The molecule has 6 atom stereocenters. The van der Waals surface area contributed by atoms with Crippen molar-refractivity contribution in [3.63, 3.8) is 0 Å². The van der Waals surface area contributed by atoms with Crippen molar-refractivity contribution < 1.29 is 57.7 Å². The Morgan fingerprint density at radius 3 is 1.69 bits per heavy atom. The van der Waals surface area contributed by atoms with Crippen molar-refractivity contribution in [3.05, 3.63) is 35.9 Å². The lowest BCUT2D eigenvalue weighted by Crippen LogP contribution is -2.60. The van der Waals surface area contributed by atoms with Gasteiger partial charge in [0.2, 0.25) is 17.7 Å². The molecule has 0 saturated carbocycles.